The van der Waals surface area contributed by atoms with Crippen molar-refractivity contribution in [3.63, 3.8) is 0 Å². The van der Waals surface area contributed by atoms with Crippen molar-refractivity contribution in [3.05, 3.63) is 41.4 Å². The minimum absolute atomic E-state index is 0.182. The largest absolute Gasteiger partial charge is 0.335 e. The fourth-order valence-corrected chi connectivity index (χ4v) is 2.95. The van der Waals surface area contributed by atoms with E-state index in [2.05, 4.69) is 32.0 Å². The number of carbonyl (C=O) groups is 1. The van der Waals surface area contributed by atoms with E-state index in [1.807, 2.05) is 17.6 Å². The minimum atomic E-state index is -0.182. The van der Waals surface area contributed by atoms with E-state index in [1.54, 1.807) is 23.6 Å². The summed E-state index contributed by atoms with van der Waals surface area (Å²) in [7, 11) is 0. The van der Waals surface area contributed by atoms with Gasteiger partial charge in [-0.3, -0.25) is 9.97 Å². The highest BCUT2D eigenvalue weighted by Crippen LogP contribution is 2.27. The van der Waals surface area contributed by atoms with E-state index in [1.165, 1.54) is 0 Å². The number of nitrogens with one attached hydrogen (secondary N) is 2. The summed E-state index contributed by atoms with van der Waals surface area (Å²) < 4.78 is 0. The van der Waals surface area contributed by atoms with E-state index in [4.69, 9.17) is 0 Å². The van der Waals surface area contributed by atoms with Crippen molar-refractivity contribution in [3.8, 4) is 11.1 Å². The normalized spacial score (nSPS) is 14.0. The Kier molecular flexibility index (Phi) is 3.23. The van der Waals surface area contributed by atoms with Gasteiger partial charge in [-0.25, -0.2) is 4.79 Å². The van der Waals surface area contributed by atoms with E-state index < -0.39 is 0 Å². The summed E-state index contributed by atoms with van der Waals surface area (Å²) in [4.78, 5) is 20.7. The van der Waals surface area contributed by atoms with Crippen LogP contribution in [0.2, 0.25) is 0 Å². The van der Waals surface area contributed by atoms with Gasteiger partial charge in [-0.05, 0) is 47.4 Å². The quantitative estimate of drug-likeness (QED) is 0.776. The molecule has 3 aromatic heterocycles. The first-order chi connectivity index (χ1) is 10.8. The van der Waals surface area contributed by atoms with Crippen LogP contribution < -0.4 is 10.6 Å². The first-order valence-corrected chi connectivity index (χ1v) is 8.09. The van der Waals surface area contributed by atoms with Crippen molar-refractivity contribution in [2.45, 2.75) is 18.9 Å². The monoisotopic (exact) mass is 310 g/mol. The maximum absolute atomic E-state index is 11.9. The van der Waals surface area contributed by atoms with Crippen LogP contribution in [0.25, 0.3) is 22.2 Å². The standard InChI is InChI=1S/C16H14N4OS/c21-16(19-12-1-2-12)20-13-3-5-17-14-7-11(8-18-15(13)14)10-4-6-22-9-10/h3-9,12H,1-2H2,(H2,17,19,20,21). The molecule has 110 valence electrons. The van der Waals surface area contributed by atoms with Gasteiger partial charge in [-0.1, -0.05) is 0 Å². The van der Waals surface area contributed by atoms with E-state index in [-0.39, 0.29) is 6.03 Å². The molecule has 0 aromatic carbocycles. The Bertz CT molecular complexity index is 827. The molecule has 1 saturated carbocycles. The second kappa shape index (κ2) is 5.38. The van der Waals surface area contributed by atoms with Crippen molar-refractivity contribution < 1.29 is 4.79 Å². The number of rotatable bonds is 3. The minimum Gasteiger partial charge on any atom is -0.335 e. The van der Waals surface area contributed by atoms with Crippen LogP contribution in [0.5, 0.6) is 0 Å². The summed E-state index contributed by atoms with van der Waals surface area (Å²) in [6, 6.07) is 5.96. The smallest absolute Gasteiger partial charge is 0.319 e. The van der Waals surface area contributed by atoms with Crippen molar-refractivity contribution in [1.82, 2.24) is 15.3 Å². The number of hydrogen-bond acceptors (Lipinski definition) is 4. The van der Waals surface area contributed by atoms with Crippen molar-refractivity contribution in [2.75, 3.05) is 5.32 Å². The fraction of sp³-hybridized carbons (Fsp3) is 0.188. The van der Waals surface area contributed by atoms with Crippen LogP contribution in [0, 0.1) is 0 Å². The molecule has 0 saturated heterocycles. The van der Waals surface area contributed by atoms with Crippen LogP contribution in [0.4, 0.5) is 10.5 Å². The summed E-state index contributed by atoms with van der Waals surface area (Å²) in [6.07, 6.45) is 5.63. The number of pyridine rings is 2. The number of carbonyl (C=O) groups excluding carboxylic acids is 1. The molecule has 0 unspecified atom stereocenters. The van der Waals surface area contributed by atoms with Crippen molar-refractivity contribution in [2.24, 2.45) is 0 Å². The predicted octanol–water partition coefficient (Wildman–Crippen LogP) is 3.64. The second-order valence-corrected chi connectivity index (χ2v) is 6.12. The number of nitrogens with zero attached hydrogens (tertiary/aromatic N) is 2. The molecule has 2 N–H and O–H groups in total. The summed E-state index contributed by atoms with van der Waals surface area (Å²) in [5.41, 5.74) is 4.31. The average Bonchev–Trinajstić information content (AvgIpc) is 3.16. The number of aromatic nitrogens is 2. The maximum Gasteiger partial charge on any atom is 0.319 e. The highest BCUT2D eigenvalue weighted by molar-refractivity contribution is 7.08. The van der Waals surface area contributed by atoms with Gasteiger partial charge < -0.3 is 10.6 Å². The third-order valence-electron chi connectivity index (χ3n) is 3.59. The molecule has 2 amide bonds. The van der Waals surface area contributed by atoms with E-state index >= 15 is 0 Å². The molecule has 0 spiro atoms. The maximum atomic E-state index is 11.9. The lowest BCUT2D eigenvalue weighted by atomic mass is 10.1. The van der Waals surface area contributed by atoms with Crippen LogP contribution in [-0.2, 0) is 0 Å². The number of amides is 2. The van der Waals surface area contributed by atoms with E-state index in [0.717, 1.165) is 29.5 Å². The SMILES string of the molecule is O=C(Nc1ccnc2cc(-c3ccsc3)cnc12)NC1CC1. The van der Waals surface area contributed by atoms with Crippen molar-refractivity contribution in [1.29, 1.82) is 0 Å². The summed E-state index contributed by atoms with van der Waals surface area (Å²) in [6.45, 7) is 0. The van der Waals surface area contributed by atoms with Gasteiger partial charge in [-0.15, -0.1) is 0 Å². The van der Waals surface area contributed by atoms with Gasteiger partial charge in [0.2, 0.25) is 0 Å². The summed E-state index contributed by atoms with van der Waals surface area (Å²) in [5.74, 6) is 0. The Hall–Kier alpha value is -2.47. The molecular weight excluding hydrogens is 296 g/mol. The number of urea groups is 1. The zero-order valence-corrected chi connectivity index (χ0v) is 12.6. The Morgan fingerprint density at radius 3 is 2.91 bits per heavy atom. The van der Waals surface area contributed by atoms with Gasteiger partial charge in [0, 0.05) is 24.0 Å². The zero-order valence-electron chi connectivity index (χ0n) is 11.7. The molecule has 5 nitrogen and oxygen atoms in total. The van der Waals surface area contributed by atoms with Gasteiger partial charge in [0.1, 0.15) is 5.52 Å². The highest BCUT2D eigenvalue weighted by Gasteiger charge is 2.23. The molecule has 1 aliphatic rings. The molecule has 1 fully saturated rings. The third kappa shape index (κ3) is 2.65. The number of anilines is 1. The Morgan fingerprint density at radius 1 is 1.23 bits per heavy atom. The Labute approximate surface area is 131 Å². The van der Waals surface area contributed by atoms with Gasteiger partial charge in [0.05, 0.1) is 11.2 Å². The van der Waals surface area contributed by atoms with Crippen molar-refractivity contribution >= 4 is 34.1 Å². The Balaban J connectivity index is 1.66. The highest BCUT2D eigenvalue weighted by atomic mass is 32.1. The number of fused-ring (bicyclic) bond motifs is 1. The average molecular weight is 310 g/mol. The fourth-order valence-electron chi connectivity index (χ4n) is 2.29. The second-order valence-electron chi connectivity index (χ2n) is 5.33. The lowest BCUT2D eigenvalue weighted by Crippen LogP contribution is -2.30. The van der Waals surface area contributed by atoms with Crippen LogP contribution in [-0.4, -0.2) is 22.0 Å². The lowest BCUT2D eigenvalue weighted by molar-refractivity contribution is 0.251. The first kappa shape index (κ1) is 13.2. The molecule has 0 aliphatic heterocycles. The third-order valence-corrected chi connectivity index (χ3v) is 4.28. The zero-order chi connectivity index (χ0) is 14.9. The molecule has 3 aromatic rings. The van der Waals surface area contributed by atoms with E-state index in [9.17, 15) is 4.79 Å². The summed E-state index contributed by atoms with van der Waals surface area (Å²) >= 11 is 1.65. The number of thiophene rings is 1. The van der Waals surface area contributed by atoms with Gasteiger partial charge >= 0.3 is 6.03 Å². The number of hydrogen-bond donors (Lipinski definition) is 2. The van der Waals surface area contributed by atoms with Crippen LogP contribution in [0.1, 0.15) is 12.8 Å². The van der Waals surface area contributed by atoms with Crippen LogP contribution >= 0.6 is 11.3 Å². The van der Waals surface area contributed by atoms with Crippen LogP contribution in [0.15, 0.2) is 41.4 Å². The topological polar surface area (TPSA) is 66.9 Å². The van der Waals surface area contributed by atoms with Gasteiger partial charge in [0.15, 0.2) is 0 Å². The molecule has 0 radical (unpaired) electrons. The van der Waals surface area contributed by atoms with Gasteiger partial charge in [-0.2, -0.15) is 11.3 Å². The molecule has 4 rings (SSSR count). The van der Waals surface area contributed by atoms with Crippen LogP contribution in [0.3, 0.4) is 0 Å². The molecular formula is C16H14N4OS. The molecule has 0 atom stereocenters. The molecule has 6 heteroatoms. The van der Waals surface area contributed by atoms with E-state index in [0.29, 0.717) is 17.2 Å². The summed E-state index contributed by atoms with van der Waals surface area (Å²) in [5, 5.41) is 9.88. The first-order valence-electron chi connectivity index (χ1n) is 7.14. The molecule has 1 aliphatic carbocycles. The van der Waals surface area contributed by atoms with Gasteiger partial charge in [0.25, 0.3) is 0 Å². The molecule has 22 heavy (non-hydrogen) atoms. The molecule has 0 bridgehead atoms. The molecule has 3 heterocycles. The Morgan fingerprint density at radius 2 is 2.14 bits per heavy atom. The lowest BCUT2D eigenvalue weighted by Gasteiger charge is -2.09. The predicted molar refractivity (Wildman–Crippen MR) is 88.0 cm³/mol.